The van der Waals surface area contributed by atoms with Crippen molar-refractivity contribution < 1.29 is 36.0 Å². The highest BCUT2D eigenvalue weighted by Crippen LogP contribution is 2.19. The van der Waals surface area contributed by atoms with Crippen molar-refractivity contribution in [2.75, 3.05) is 6.61 Å². The van der Waals surface area contributed by atoms with E-state index in [0.29, 0.717) is 0 Å². The zero-order valence-electron chi connectivity index (χ0n) is 7.52. The van der Waals surface area contributed by atoms with Crippen molar-refractivity contribution in [1.82, 2.24) is 0 Å². The maximum absolute atomic E-state index is 9.43. The first-order chi connectivity index (χ1) is 6.49. The van der Waals surface area contributed by atoms with Crippen LogP contribution in [0, 0.1) is 0 Å². The molecule has 1 heterocycles. The number of aliphatic hydroxyl groups excluding tert-OH is 5. The summed E-state index contributed by atoms with van der Waals surface area (Å²) in [5.74, 6) is 0. The normalized spacial score (nSPS) is 46.3. The maximum atomic E-state index is 9.43. The summed E-state index contributed by atoms with van der Waals surface area (Å²) in [6.07, 6.45) is -6.57. The SMILES string of the molecule is [NH3+][C@H]1[C@H](O)[C@@H](O)[C@H]([C@H](O)CO)O[C@H]1O. The monoisotopic (exact) mass is 210 g/mol. The Balaban J connectivity index is 2.70. The standard InChI is InChI=1S/C7H15NO6/c8-3-4(11)5(12)6(2(10)1-9)14-7(3)13/h2-7,9-13H,1,8H2/p+1/t2-,3+,4+,5-,6+,7-/m1/s1. The summed E-state index contributed by atoms with van der Waals surface area (Å²) in [6, 6.07) is -0.882. The van der Waals surface area contributed by atoms with Gasteiger partial charge in [0, 0.05) is 0 Å². The van der Waals surface area contributed by atoms with Gasteiger partial charge in [-0.05, 0) is 0 Å². The molecule has 0 bridgehead atoms. The Morgan fingerprint density at radius 2 is 1.79 bits per heavy atom. The Hall–Kier alpha value is -0.280. The number of hydrogen-bond acceptors (Lipinski definition) is 6. The van der Waals surface area contributed by atoms with E-state index in [0.717, 1.165) is 0 Å². The molecule has 0 radical (unpaired) electrons. The lowest BCUT2D eigenvalue weighted by molar-refractivity contribution is -0.499. The summed E-state index contributed by atoms with van der Waals surface area (Å²) in [5, 5.41) is 45.9. The van der Waals surface area contributed by atoms with Crippen molar-refractivity contribution in [3.05, 3.63) is 0 Å². The van der Waals surface area contributed by atoms with Gasteiger partial charge in [0.1, 0.15) is 24.4 Å². The number of rotatable bonds is 2. The van der Waals surface area contributed by atoms with Crippen LogP contribution in [0.15, 0.2) is 0 Å². The molecular formula is C7H16NO6+. The van der Waals surface area contributed by atoms with Crippen LogP contribution in [0.1, 0.15) is 0 Å². The molecule has 7 heteroatoms. The molecule has 84 valence electrons. The largest absolute Gasteiger partial charge is 0.394 e. The minimum atomic E-state index is -1.37. The van der Waals surface area contributed by atoms with Crippen molar-refractivity contribution in [1.29, 1.82) is 0 Å². The average molecular weight is 210 g/mol. The number of quaternary nitrogens is 1. The van der Waals surface area contributed by atoms with Crippen LogP contribution in [-0.4, -0.2) is 68.9 Å². The molecule has 8 N–H and O–H groups in total. The van der Waals surface area contributed by atoms with Crippen molar-refractivity contribution in [2.24, 2.45) is 0 Å². The molecule has 0 spiro atoms. The van der Waals surface area contributed by atoms with Gasteiger partial charge in [-0.15, -0.1) is 0 Å². The molecule has 7 nitrogen and oxygen atoms in total. The van der Waals surface area contributed by atoms with E-state index in [9.17, 15) is 20.4 Å². The molecule has 1 aliphatic rings. The van der Waals surface area contributed by atoms with Gasteiger partial charge in [0.2, 0.25) is 6.29 Å². The lowest BCUT2D eigenvalue weighted by Gasteiger charge is -2.38. The van der Waals surface area contributed by atoms with Gasteiger partial charge >= 0.3 is 0 Å². The second kappa shape index (κ2) is 4.49. The van der Waals surface area contributed by atoms with E-state index in [-0.39, 0.29) is 0 Å². The van der Waals surface area contributed by atoms with E-state index >= 15 is 0 Å². The predicted molar refractivity (Wildman–Crippen MR) is 42.7 cm³/mol. The summed E-state index contributed by atoms with van der Waals surface area (Å²) < 4.78 is 4.81. The van der Waals surface area contributed by atoms with E-state index in [2.05, 4.69) is 5.73 Å². The third-order valence-electron chi connectivity index (χ3n) is 2.35. The van der Waals surface area contributed by atoms with Crippen LogP contribution in [0.25, 0.3) is 0 Å². The predicted octanol–water partition coefficient (Wildman–Crippen LogP) is -4.61. The molecule has 1 aliphatic heterocycles. The van der Waals surface area contributed by atoms with Crippen LogP contribution >= 0.6 is 0 Å². The molecule has 0 aromatic carbocycles. The van der Waals surface area contributed by atoms with Crippen LogP contribution in [0.4, 0.5) is 0 Å². The van der Waals surface area contributed by atoms with Crippen molar-refractivity contribution in [3.8, 4) is 0 Å². The van der Waals surface area contributed by atoms with Gasteiger partial charge in [-0.1, -0.05) is 0 Å². The summed E-state index contributed by atoms with van der Waals surface area (Å²) in [4.78, 5) is 0. The second-order valence-electron chi connectivity index (χ2n) is 3.39. The molecule has 0 amide bonds. The van der Waals surface area contributed by atoms with Crippen LogP contribution in [0.3, 0.4) is 0 Å². The fourth-order valence-corrected chi connectivity index (χ4v) is 1.38. The first-order valence-electron chi connectivity index (χ1n) is 4.30. The fraction of sp³-hybridized carbons (Fsp3) is 1.00. The molecule has 0 aromatic heterocycles. The van der Waals surface area contributed by atoms with E-state index in [4.69, 9.17) is 9.84 Å². The first kappa shape index (κ1) is 11.8. The molecular weight excluding hydrogens is 194 g/mol. The van der Waals surface area contributed by atoms with E-state index in [1.165, 1.54) is 0 Å². The van der Waals surface area contributed by atoms with E-state index < -0.39 is 43.4 Å². The van der Waals surface area contributed by atoms with Crippen LogP contribution in [0.5, 0.6) is 0 Å². The van der Waals surface area contributed by atoms with Crippen LogP contribution in [0.2, 0.25) is 0 Å². The van der Waals surface area contributed by atoms with Gasteiger partial charge in [0.25, 0.3) is 0 Å². The van der Waals surface area contributed by atoms with Gasteiger partial charge in [0.15, 0.2) is 6.04 Å². The fourth-order valence-electron chi connectivity index (χ4n) is 1.38. The maximum Gasteiger partial charge on any atom is 0.211 e. The Morgan fingerprint density at radius 3 is 2.29 bits per heavy atom. The Kier molecular flexibility index (Phi) is 3.78. The second-order valence-corrected chi connectivity index (χ2v) is 3.39. The quantitative estimate of drug-likeness (QED) is 0.271. The minimum Gasteiger partial charge on any atom is -0.394 e. The Labute approximate surface area is 80.3 Å². The molecule has 0 aromatic rings. The molecule has 14 heavy (non-hydrogen) atoms. The van der Waals surface area contributed by atoms with Gasteiger partial charge < -0.3 is 36.0 Å². The molecule has 0 saturated carbocycles. The molecule has 1 saturated heterocycles. The lowest BCUT2D eigenvalue weighted by Crippen LogP contribution is -2.78. The lowest BCUT2D eigenvalue weighted by atomic mass is 9.94. The summed E-state index contributed by atoms with van der Waals surface area (Å²) in [5.41, 5.74) is 3.40. The zero-order valence-corrected chi connectivity index (χ0v) is 7.52. The van der Waals surface area contributed by atoms with Gasteiger partial charge in [-0.2, -0.15) is 0 Å². The van der Waals surface area contributed by atoms with E-state index in [1.807, 2.05) is 0 Å². The van der Waals surface area contributed by atoms with Gasteiger partial charge in [0.05, 0.1) is 6.61 Å². The molecule has 0 aliphatic carbocycles. The smallest absolute Gasteiger partial charge is 0.211 e. The van der Waals surface area contributed by atoms with Gasteiger partial charge in [-0.25, -0.2) is 0 Å². The number of aliphatic hydroxyl groups is 5. The summed E-state index contributed by atoms with van der Waals surface area (Å²) in [6.45, 7) is -0.622. The topological polar surface area (TPSA) is 138 Å². The Bertz CT molecular complexity index is 191. The molecule has 1 fully saturated rings. The zero-order chi connectivity index (χ0) is 10.9. The van der Waals surface area contributed by atoms with Gasteiger partial charge in [-0.3, -0.25) is 0 Å². The van der Waals surface area contributed by atoms with Crippen molar-refractivity contribution >= 4 is 0 Å². The molecule has 6 atom stereocenters. The number of hydrogen-bond donors (Lipinski definition) is 6. The third kappa shape index (κ3) is 2.04. The molecule has 1 rings (SSSR count). The third-order valence-corrected chi connectivity index (χ3v) is 2.35. The minimum absolute atomic E-state index is 0.622. The summed E-state index contributed by atoms with van der Waals surface area (Å²) >= 11 is 0. The van der Waals surface area contributed by atoms with Crippen molar-refractivity contribution in [3.63, 3.8) is 0 Å². The average Bonchev–Trinajstić information content (AvgIpc) is 2.19. The highest BCUT2D eigenvalue weighted by molar-refractivity contribution is 4.90. The first-order valence-corrected chi connectivity index (χ1v) is 4.30. The summed E-state index contributed by atoms with van der Waals surface area (Å²) in [7, 11) is 0. The van der Waals surface area contributed by atoms with Crippen LogP contribution in [-0.2, 0) is 4.74 Å². The highest BCUT2D eigenvalue weighted by atomic mass is 16.6. The van der Waals surface area contributed by atoms with Crippen molar-refractivity contribution in [2.45, 2.75) is 36.7 Å². The van der Waals surface area contributed by atoms with E-state index in [1.54, 1.807) is 0 Å². The number of ether oxygens (including phenoxy) is 1. The highest BCUT2D eigenvalue weighted by Gasteiger charge is 2.46. The van der Waals surface area contributed by atoms with Crippen LogP contribution < -0.4 is 5.73 Å². The molecule has 0 unspecified atom stereocenters. The Morgan fingerprint density at radius 1 is 1.21 bits per heavy atom.